The van der Waals surface area contributed by atoms with Crippen LogP contribution in [0.3, 0.4) is 0 Å². The summed E-state index contributed by atoms with van der Waals surface area (Å²) in [6.45, 7) is 0.988. The van der Waals surface area contributed by atoms with E-state index in [2.05, 4.69) is 21.5 Å². The predicted molar refractivity (Wildman–Crippen MR) is 87.9 cm³/mol. The second-order valence-corrected chi connectivity index (χ2v) is 4.08. The van der Waals surface area contributed by atoms with E-state index in [0.717, 1.165) is 5.69 Å². The lowest BCUT2D eigenvalue weighted by atomic mass is 10.4. The maximum Gasteiger partial charge on any atom is 0.192 e. The van der Waals surface area contributed by atoms with E-state index >= 15 is 0 Å². The Morgan fingerprint density at radius 3 is 2.61 bits per heavy atom. The Hall–Kier alpha value is -0.580. The van der Waals surface area contributed by atoms with E-state index in [1.807, 2.05) is 17.7 Å². The molecule has 0 radical (unpaired) electrons. The van der Waals surface area contributed by atoms with Crippen LogP contribution in [0.1, 0.15) is 5.69 Å². The Labute approximate surface area is 134 Å². The number of hydrogen-bond acceptors (Lipinski definition) is 1. The normalized spacial score (nSPS) is 10.5. The lowest BCUT2D eigenvalue weighted by molar-refractivity contribution is 0.762. The molecule has 1 rings (SSSR count). The van der Waals surface area contributed by atoms with Crippen LogP contribution < -0.4 is 10.6 Å². The van der Waals surface area contributed by atoms with Crippen LogP contribution in [-0.4, -0.2) is 24.1 Å². The highest BCUT2D eigenvalue weighted by atomic mass is 127. The number of aliphatic imine (C=N–C) groups is 1. The predicted octanol–water partition coefficient (Wildman–Crippen LogP) is 2.25. The quantitative estimate of drug-likeness (QED) is 0.353. The maximum atomic E-state index is 5.96. The Balaban J connectivity index is 0.00000289. The highest BCUT2D eigenvalue weighted by molar-refractivity contribution is 14.0. The van der Waals surface area contributed by atoms with Gasteiger partial charge in [-0.25, -0.2) is 0 Å². The fourth-order valence-electron chi connectivity index (χ4n) is 1.29. The molecule has 0 aliphatic carbocycles. The molecule has 0 atom stereocenters. The van der Waals surface area contributed by atoms with Gasteiger partial charge < -0.3 is 15.2 Å². The van der Waals surface area contributed by atoms with Crippen LogP contribution in [0.2, 0.25) is 10.2 Å². The van der Waals surface area contributed by atoms with Gasteiger partial charge in [0.2, 0.25) is 0 Å². The fraction of sp³-hybridized carbons (Fsp3) is 0.364. The largest absolute Gasteiger partial charge is 0.351 e. The van der Waals surface area contributed by atoms with Crippen molar-refractivity contribution < 1.29 is 0 Å². The Morgan fingerprint density at radius 2 is 2.17 bits per heavy atom. The molecule has 0 aliphatic heterocycles. The van der Waals surface area contributed by atoms with Crippen molar-refractivity contribution in [3.63, 3.8) is 0 Å². The topological polar surface area (TPSA) is 41.4 Å². The third kappa shape index (κ3) is 4.59. The van der Waals surface area contributed by atoms with Crippen LogP contribution >= 0.6 is 47.2 Å². The lowest BCUT2D eigenvalue weighted by Gasteiger charge is -2.10. The minimum atomic E-state index is 0. The van der Waals surface area contributed by atoms with Gasteiger partial charge in [0.05, 0.1) is 18.1 Å². The van der Waals surface area contributed by atoms with Gasteiger partial charge in [-0.3, -0.25) is 4.99 Å². The number of guanidine groups is 1. The van der Waals surface area contributed by atoms with Crippen LogP contribution in [0.25, 0.3) is 0 Å². The van der Waals surface area contributed by atoms with E-state index in [9.17, 15) is 0 Å². The zero-order chi connectivity index (χ0) is 12.8. The van der Waals surface area contributed by atoms with E-state index < -0.39 is 0 Å². The summed E-state index contributed by atoms with van der Waals surface area (Å²) in [6.07, 6.45) is 5.15. The average molecular weight is 401 g/mol. The van der Waals surface area contributed by atoms with Gasteiger partial charge >= 0.3 is 0 Å². The van der Waals surface area contributed by atoms with Crippen molar-refractivity contribution in [2.75, 3.05) is 13.6 Å². The summed E-state index contributed by atoms with van der Waals surface area (Å²) in [5.74, 6) is 3.11. The number of nitrogens with zero attached hydrogens (tertiary/aromatic N) is 2. The minimum Gasteiger partial charge on any atom is -0.351 e. The molecule has 0 fully saturated rings. The van der Waals surface area contributed by atoms with Crippen molar-refractivity contribution in [1.82, 2.24) is 15.2 Å². The van der Waals surface area contributed by atoms with Gasteiger partial charge in [-0.1, -0.05) is 29.1 Å². The van der Waals surface area contributed by atoms with Gasteiger partial charge in [-0.2, -0.15) is 0 Å². The second kappa shape index (κ2) is 8.51. The molecule has 0 amide bonds. The minimum absolute atomic E-state index is 0. The first kappa shape index (κ1) is 17.4. The number of terminal acetylenes is 1. The van der Waals surface area contributed by atoms with E-state index in [1.54, 1.807) is 7.05 Å². The van der Waals surface area contributed by atoms with Gasteiger partial charge in [0.15, 0.2) is 5.96 Å². The highest BCUT2D eigenvalue weighted by Crippen LogP contribution is 2.24. The molecule has 0 aromatic carbocycles. The van der Waals surface area contributed by atoms with Gasteiger partial charge in [0, 0.05) is 19.8 Å². The number of halogens is 3. The van der Waals surface area contributed by atoms with Crippen molar-refractivity contribution in [3.8, 4) is 12.3 Å². The molecular weight excluding hydrogens is 386 g/mol. The van der Waals surface area contributed by atoms with Gasteiger partial charge in [-0.05, 0) is 6.07 Å². The molecule has 0 bridgehead atoms. The molecule has 0 spiro atoms. The van der Waals surface area contributed by atoms with Crippen LogP contribution in [0, 0.1) is 12.3 Å². The molecule has 0 unspecified atom stereocenters. The third-order valence-corrected chi connectivity index (χ3v) is 3.08. The van der Waals surface area contributed by atoms with E-state index in [-0.39, 0.29) is 24.0 Å². The van der Waals surface area contributed by atoms with Gasteiger partial charge in [0.25, 0.3) is 0 Å². The number of hydrogen-bond donors (Lipinski definition) is 2. The summed E-state index contributed by atoms with van der Waals surface area (Å²) in [7, 11) is 3.53. The summed E-state index contributed by atoms with van der Waals surface area (Å²) < 4.78 is 1.81. The van der Waals surface area contributed by atoms with E-state index in [1.165, 1.54) is 0 Å². The molecule has 1 aromatic heterocycles. The first-order chi connectivity index (χ1) is 8.10. The Kier molecular flexibility index (Phi) is 8.24. The van der Waals surface area contributed by atoms with Crippen LogP contribution in [0.4, 0.5) is 0 Å². The van der Waals surface area contributed by atoms with Gasteiger partial charge in [-0.15, -0.1) is 30.4 Å². The second-order valence-electron chi connectivity index (χ2n) is 3.32. The van der Waals surface area contributed by atoms with E-state index in [0.29, 0.717) is 29.2 Å². The SMILES string of the molecule is C#CCNC(=NC)NCc1cc(Cl)c(Cl)n1C.I. The Bertz CT molecular complexity index is 462. The molecule has 7 heteroatoms. The van der Waals surface area contributed by atoms with Crippen LogP contribution in [0.15, 0.2) is 11.1 Å². The number of rotatable bonds is 3. The molecule has 4 nitrogen and oxygen atoms in total. The molecule has 1 heterocycles. The smallest absolute Gasteiger partial charge is 0.192 e. The van der Waals surface area contributed by atoms with Crippen molar-refractivity contribution >= 4 is 53.1 Å². The summed E-state index contributed by atoms with van der Waals surface area (Å²) in [5.41, 5.74) is 0.962. The lowest BCUT2D eigenvalue weighted by Crippen LogP contribution is -2.37. The highest BCUT2D eigenvalue weighted by Gasteiger charge is 2.08. The zero-order valence-electron chi connectivity index (χ0n) is 10.1. The molecular formula is C11H15Cl2IN4. The molecule has 0 aliphatic rings. The van der Waals surface area contributed by atoms with Crippen molar-refractivity contribution in [2.45, 2.75) is 6.54 Å². The van der Waals surface area contributed by atoms with Gasteiger partial charge in [0.1, 0.15) is 5.15 Å². The van der Waals surface area contributed by atoms with Crippen molar-refractivity contribution in [3.05, 3.63) is 21.9 Å². The zero-order valence-corrected chi connectivity index (χ0v) is 14.0. The standard InChI is InChI=1S/C11H14Cl2N4.HI/c1-4-5-15-11(14-2)16-7-8-6-9(12)10(13)17(8)3;/h1,6H,5,7H2,2-3H3,(H2,14,15,16);1H. The summed E-state index contributed by atoms with van der Waals surface area (Å²) in [5, 5.41) is 7.13. The fourth-order valence-corrected chi connectivity index (χ4v) is 1.70. The van der Waals surface area contributed by atoms with Crippen LogP contribution in [0.5, 0.6) is 0 Å². The maximum absolute atomic E-state index is 5.96. The monoisotopic (exact) mass is 400 g/mol. The molecule has 0 saturated heterocycles. The van der Waals surface area contributed by atoms with Crippen molar-refractivity contribution in [2.24, 2.45) is 12.0 Å². The summed E-state index contributed by atoms with van der Waals surface area (Å²) in [6, 6.07) is 1.81. The first-order valence-electron chi connectivity index (χ1n) is 4.97. The molecule has 100 valence electrons. The Morgan fingerprint density at radius 1 is 1.50 bits per heavy atom. The molecule has 0 saturated carbocycles. The number of aromatic nitrogens is 1. The molecule has 18 heavy (non-hydrogen) atoms. The first-order valence-corrected chi connectivity index (χ1v) is 5.73. The van der Waals surface area contributed by atoms with E-state index in [4.69, 9.17) is 29.6 Å². The summed E-state index contributed by atoms with van der Waals surface area (Å²) >= 11 is 11.9. The summed E-state index contributed by atoms with van der Waals surface area (Å²) in [4.78, 5) is 4.02. The average Bonchev–Trinajstić information content (AvgIpc) is 2.57. The number of nitrogens with one attached hydrogen (secondary N) is 2. The molecule has 1 aromatic rings. The van der Waals surface area contributed by atoms with Crippen LogP contribution in [-0.2, 0) is 13.6 Å². The third-order valence-electron chi connectivity index (χ3n) is 2.23. The van der Waals surface area contributed by atoms with Crippen molar-refractivity contribution in [1.29, 1.82) is 0 Å². The molecule has 2 N–H and O–H groups in total.